The molecule has 4 nitrogen and oxygen atoms in total. The average Bonchev–Trinajstić information content (AvgIpc) is 2.53. The summed E-state index contributed by atoms with van der Waals surface area (Å²) in [6.07, 6.45) is 0.719. The number of nitrogens with zero attached hydrogens (tertiary/aromatic N) is 1. The molecule has 2 rings (SSSR count). The van der Waals surface area contributed by atoms with E-state index >= 15 is 0 Å². The Balaban J connectivity index is 2.32. The van der Waals surface area contributed by atoms with Gasteiger partial charge in [0.1, 0.15) is 5.75 Å². The Bertz CT molecular complexity index is 620. The van der Waals surface area contributed by atoms with Crippen LogP contribution >= 0.6 is 0 Å². The lowest BCUT2D eigenvalue weighted by Gasteiger charge is -2.11. The van der Waals surface area contributed by atoms with Crippen LogP contribution in [0.5, 0.6) is 5.75 Å². The molecule has 0 saturated carbocycles. The van der Waals surface area contributed by atoms with Crippen LogP contribution in [-0.4, -0.2) is 26.4 Å². The highest BCUT2D eigenvalue weighted by molar-refractivity contribution is 6.10. The largest absolute Gasteiger partial charge is 0.496 e. The van der Waals surface area contributed by atoms with E-state index in [0.717, 1.165) is 12.1 Å². The van der Waals surface area contributed by atoms with Gasteiger partial charge in [-0.2, -0.15) is 0 Å². The third-order valence-corrected chi connectivity index (χ3v) is 3.05. The maximum atomic E-state index is 12.4. The van der Waals surface area contributed by atoms with Crippen molar-refractivity contribution >= 4 is 17.9 Å². The van der Waals surface area contributed by atoms with Gasteiger partial charge in [-0.25, -0.2) is 0 Å². The van der Waals surface area contributed by atoms with Crippen LogP contribution in [-0.2, 0) is 4.79 Å². The molecule has 0 saturated heterocycles. The van der Waals surface area contributed by atoms with E-state index in [1.165, 1.54) is 12.0 Å². The van der Waals surface area contributed by atoms with Crippen molar-refractivity contribution in [2.75, 3.05) is 19.1 Å². The summed E-state index contributed by atoms with van der Waals surface area (Å²) in [5, 5.41) is 0. The Morgan fingerprint density at radius 1 is 1.10 bits per heavy atom. The van der Waals surface area contributed by atoms with Crippen molar-refractivity contribution in [2.24, 2.45) is 0 Å². The number of benzene rings is 2. The zero-order valence-electron chi connectivity index (χ0n) is 11.4. The van der Waals surface area contributed by atoms with E-state index in [2.05, 4.69) is 0 Å². The van der Waals surface area contributed by atoms with Crippen molar-refractivity contribution in [1.82, 2.24) is 0 Å². The number of ether oxygens (including phenoxy) is 1. The number of carbonyl (C=O) groups is 2. The van der Waals surface area contributed by atoms with E-state index in [4.69, 9.17) is 4.74 Å². The molecular formula is C16H15NO3. The van der Waals surface area contributed by atoms with E-state index in [-0.39, 0.29) is 5.78 Å². The summed E-state index contributed by atoms with van der Waals surface area (Å²) >= 11 is 0. The summed E-state index contributed by atoms with van der Waals surface area (Å²) in [7, 11) is 3.19. The number of hydrogen-bond acceptors (Lipinski definition) is 3. The summed E-state index contributed by atoms with van der Waals surface area (Å²) < 4.78 is 5.19. The predicted octanol–water partition coefficient (Wildman–Crippen LogP) is 2.52. The summed E-state index contributed by atoms with van der Waals surface area (Å²) in [6.45, 7) is 0. The first-order chi connectivity index (χ1) is 9.67. The first-order valence-corrected chi connectivity index (χ1v) is 6.13. The number of amides is 1. The van der Waals surface area contributed by atoms with Gasteiger partial charge in [0, 0.05) is 18.3 Å². The third-order valence-electron chi connectivity index (χ3n) is 3.05. The van der Waals surface area contributed by atoms with Gasteiger partial charge in [-0.15, -0.1) is 0 Å². The van der Waals surface area contributed by atoms with Gasteiger partial charge in [0.05, 0.1) is 12.7 Å². The molecule has 0 aliphatic heterocycles. The van der Waals surface area contributed by atoms with Crippen molar-refractivity contribution in [3.8, 4) is 5.75 Å². The molecule has 0 aromatic heterocycles. The smallest absolute Gasteiger partial charge is 0.213 e. The van der Waals surface area contributed by atoms with Crippen molar-refractivity contribution in [2.45, 2.75) is 0 Å². The monoisotopic (exact) mass is 269 g/mol. The minimum absolute atomic E-state index is 0.109. The Kier molecular flexibility index (Phi) is 4.15. The first kappa shape index (κ1) is 13.8. The highest BCUT2D eigenvalue weighted by Crippen LogP contribution is 2.22. The van der Waals surface area contributed by atoms with Crippen LogP contribution in [0.4, 0.5) is 5.69 Å². The summed E-state index contributed by atoms with van der Waals surface area (Å²) in [6, 6.07) is 14.0. The number of rotatable bonds is 5. The molecular weight excluding hydrogens is 254 g/mol. The molecule has 0 heterocycles. The van der Waals surface area contributed by atoms with Gasteiger partial charge in [0.2, 0.25) is 6.41 Å². The number of methoxy groups -OCH3 is 1. The minimum atomic E-state index is -0.109. The lowest BCUT2D eigenvalue weighted by Crippen LogP contribution is -2.13. The van der Waals surface area contributed by atoms with Crippen molar-refractivity contribution in [3.63, 3.8) is 0 Å². The fraction of sp³-hybridized carbons (Fsp3) is 0.125. The zero-order valence-corrected chi connectivity index (χ0v) is 11.4. The maximum absolute atomic E-state index is 12.4. The van der Waals surface area contributed by atoms with E-state index < -0.39 is 0 Å². The molecule has 1 amide bonds. The second kappa shape index (κ2) is 6.02. The predicted molar refractivity (Wildman–Crippen MR) is 77.3 cm³/mol. The Hall–Kier alpha value is -2.62. The summed E-state index contributed by atoms with van der Waals surface area (Å²) in [5.74, 6) is 0.439. The highest BCUT2D eigenvalue weighted by atomic mass is 16.5. The molecule has 20 heavy (non-hydrogen) atoms. The molecule has 0 radical (unpaired) electrons. The SMILES string of the molecule is COc1ccccc1C(=O)c1ccc(N(C)C=O)cc1. The second-order valence-corrected chi connectivity index (χ2v) is 4.29. The number of para-hydroxylation sites is 1. The van der Waals surface area contributed by atoms with Crippen LogP contribution in [0.1, 0.15) is 15.9 Å². The van der Waals surface area contributed by atoms with Crippen LogP contribution < -0.4 is 9.64 Å². The molecule has 102 valence electrons. The maximum Gasteiger partial charge on any atom is 0.213 e. The van der Waals surface area contributed by atoms with Crippen LogP contribution in [0.25, 0.3) is 0 Å². The van der Waals surface area contributed by atoms with Gasteiger partial charge < -0.3 is 9.64 Å². The zero-order chi connectivity index (χ0) is 14.5. The fourth-order valence-corrected chi connectivity index (χ4v) is 1.90. The van der Waals surface area contributed by atoms with Crippen molar-refractivity contribution < 1.29 is 14.3 Å². The quantitative estimate of drug-likeness (QED) is 0.619. The van der Waals surface area contributed by atoms with Crippen LogP contribution in [0.3, 0.4) is 0 Å². The number of anilines is 1. The number of carbonyl (C=O) groups excluding carboxylic acids is 2. The Morgan fingerprint density at radius 2 is 1.75 bits per heavy atom. The topological polar surface area (TPSA) is 46.6 Å². The minimum Gasteiger partial charge on any atom is -0.496 e. The molecule has 0 N–H and O–H groups in total. The van der Waals surface area contributed by atoms with E-state index in [0.29, 0.717) is 16.9 Å². The van der Waals surface area contributed by atoms with E-state index in [1.54, 1.807) is 49.5 Å². The molecule has 0 bridgehead atoms. The van der Waals surface area contributed by atoms with Gasteiger partial charge >= 0.3 is 0 Å². The van der Waals surface area contributed by atoms with Crippen molar-refractivity contribution in [3.05, 3.63) is 59.7 Å². The molecule has 0 unspecified atom stereocenters. The third kappa shape index (κ3) is 2.69. The van der Waals surface area contributed by atoms with Crippen LogP contribution in [0.15, 0.2) is 48.5 Å². The summed E-state index contributed by atoms with van der Waals surface area (Å²) in [5.41, 5.74) is 1.81. The molecule has 0 aliphatic carbocycles. The van der Waals surface area contributed by atoms with Gasteiger partial charge in [0.25, 0.3) is 0 Å². The molecule has 0 atom stereocenters. The summed E-state index contributed by atoms with van der Waals surface area (Å²) in [4.78, 5) is 24.5. The molecule has 0 aliphatic rings. The molecule has 2 aromatic carbocycles. The van der Waals surface area contributed by atoms with E-state index in [9.17, 15) is 9.59 Å². The van der Waals surface area contributed by atoms with Gasteiger partial charge in [-0.1, -0.05) is 12.1 Å². The van der Waals surface area contributed by atoms with Crippen LogP contribution in [0, 0.1) is 0 Å². The van der Waals surface area contributed by atoms with Gasteiger partial charge in [-0.3, -0.25) is 9.59 Å². The number of ketones is 1. The normalized spacial score (nSPS) is 9.90. The van der Waals surface area contributed by atoms with Gasteiger partial charge in [0.15, 0.2) is 5.78 Å². The number of hydrogen-bond donors (Lipinski definition) is 0. The molecule has 4 heteroatoms. The average molecular weight is 269 g/mol. The van der Waals surface area contributed by atoms with Crippen LogP contribution in [0.2, 0.25) is 0 Å². The standard InChI is InChI=1S/C16H15NO3/c1-17(11-18)13-9-7-12(8-10-13)16(19)14-5-3-4-6-15(14)20-2/h3-11H,1-2H3. The molecule has 0 spiro atoms. The molecule has 0 fully saturated rings. The first-order valence-electron chi connectivity index (χ1n) is 6.13. The van der Waals surface area contributed by atoms with E-state index in [1.807, 2.05) is 6.07 Å². The lowest BCUT2D eigenvalue weighted by molar-refractivity contribution is -0.107. The fourth-order valence-electron chi connectivity index (χ4n) is 1.90. The Labute approximate surface area is 117 Å². The molecule has 2 aromatic rings. The lowest BCUT2D eigenvalue weighted by atomic mass is 10.0. The highest BCUT2D eigenvalue weighted by Gasteiger charge is 2.13. The van der Waals surface area contributed by atoms with Gasteiger partial charge in [-0.05, 0) is 36.4 Å². The van der Waals surface area contributed by atoms with Crippen molar-refractivity contribution in [1.29, 1.82) is 0 Å². The Morgan fingerprint density at radius 3 is 2.35 bits per heavy atom. The second-order valence-electron chi connectivity index (χ2n) is 4.29.